The van der Waals surface area contributed by atoms with Gasteiger partial charge in [0.15, 0.2) is 0 Å². The molecular formula is C13H20N2OS. The van der Waals surface area contributed by atoms with Gasteiger partial charge in [0.05, 0.1) is 0 Å². The van der Waals surface area contributed by atoms with Crippen molar-refractivity contribution in [3.8, 4) is 0 Å². The highest BCUT2D eigenvalue weighted by molar-refractivity contribution is 7.71. The maximum Gasteiger partial charge on any atom is 0.137 e. The molecule has 1 aliphatic carbocycles. The molecule has 0 radical (unpaired) electrons. The number of methoxy groups -OCH3 is 1. The van der Waals surface area contributed by atoms with Gasteiger partial charge >= 0.3 is 0 Å². The van der Waals surface area contributed by atoms with Gasteiger partial charge in [0.25, 0.3) is 0 Å². The molecule has 1 heterocycles. The molecule has 3 nitrogen and oxygen atoms in total. The number of fused-ring (bicyclic) bond motifs is 1. The summed E-state index contributed by atoms with van der Waals surface area (Å²) in [5, 5.41) is 0. The summed E-state index contributed by atoms with van der Waals surface area (Å²) < 4.78 is 6.25. The number of rotatable bonds is 4. The SMILES string of the molecule is CCCC(OC)c1nc(=S)c2c([nH]1)CCCC2. The molecule has 1 unspecified atom stereocenters. The van der Waals surface area contributed by atoms with Gasteiger partial charge in [-0.2, -0.15) is 0 Å². The monoisotopic (exact) mass is 252 g/mol. The Morgan fingerprint density at radius 1 is 1.41 bits per heavy atom. The van der Waals surface area contributed by atoms with Gasteiger partial charge in [-0.05, 0) is 32.1 Å². The van der Waals surface area contributed by atoms with Crippen molar-refractivity contribution in [3.63, 3.8) is 0 Å². The third-order valence-corrected chi connectivity index (χ3v) is 3.70. The second-order valence-electron chi connectivity index (χ2n) is 4.60. The molecule has 1 N–H and O–H groups in total. The number of hydrogen-bond acceptors (Lipinski definition) is 3. The first-order valence-corrected chi connectivity index (χ1v) is 6.81. The lowest BCUT2D eigenvalue weighted by Gasteiger charge is -2.19. The van der Waals surface area contributed by atoms with E-state index < -0.39 is 0 Å². The molecular weight excluding hydrogens is 232 g/mol. The van der Waals surface area contributed by atoms with Crippen LogP contribution in [-0.2, 0) is 17.6 Å². The van der Waals surface area contributed by atoms with Gasteiger partial charge < -0.3 is 9.72 Å². The van der Waals surface area contributed by atoms with Crippen LogP contribution >= 0.6 is 12.2 Å². The van der Waals surface area contributed by atoms with E-state index >= 15 is 0 Å². The zero-order chi connectivity index (χ0) is 12.3. The van der Waals surface area contributed by atoms with Crippen molar-refractivity contribution in [1.82, 2.24) is 9.97 Å². The molecule has 0 spiro atoms. The molecule has 2 rings (SSSR count). The lowest BCUT2D eigenvalue weighted by Crippen LogP contribution is -2.14. The molecule has 1 aromatic rings. The van der Waals surface area contributed by atoms with Gasteiger partial charge in [-0.15, -0.1) is 0 Å². The summed E-state index contributed by atoms with van der Waals surface area (Å²) in [6, 6.07) is 0. The normalized spacial score (nSPS) is 16.6. The van der Waals surface area contributed by atoms with E-state index in [0.717, 1.165) is 36.1 Å². The molecule has 1 aliphatic rings. The number of H-pyrrole nitrogens is 1. The van der Waals surface area contributed by atoms with Crippen LogP contribution < -0.4 is 0 Å². The topological polar surface area (TPSA) is 37.9 Å². The van der Waals surface area contributed by atoms with E-state index in [2.05, 4.69) is 16.9 Å². The lowest BCUT2D eigenvalue weighted by atomic mass is 9.97. The Morgan fingerprint density at radius 2 is 2.18 bits per heavy atom. The van der Waals surface area contributed by atoms with Crippen molar-refractivity contribution in [1.29, 1.82) is 0 Å². The van der Waals surface area contributed by atoms with E-state index in [9.17, 15) is 0 Å². The first-order valence-electron chi connectivity index (χ1n) is 6.41. The summed E-state index contributed by atoms with van der Waals surface area (Å²) >= 11 is 5.39. The number of aromatic nitrogens is 2. The minimum atomic E-state index is 0.0499. The van der Waals surface area contributed by atoms with Gasteiger partial charge in [0.1, 0.15) is 16.6 Å². The molecule has 0 bridgehead atoms. The summed E-state index contributed by atoms with van der Waals surface area (Å²) in [5.74, 6) is 0.903. The van der Waals surface area contributed by atoms with E-state index in [4.69, 9.17) is 17.0 Å². The predicted molar refractivity (Wildman–Crippen MR) is 70.7 cm³/mol. The summed E-state index contributed by atoms with van der Waals surface area (Å²) in [5.41, 5.74) is 2.53. The Morgan fingerprint density at radius 3 is 2.88 bits per heavy atom. The van der Waals surface area contributed by atoms with Crippen molar-refractivity contribution >= 4 is 12.2 Å². The van der Waals surface area contributed by atoms with Crippen LogP contribution in [0, 0.1) is 4.64 Å². The fraction of sp³-hybridized carbons (Fsp3) is 0.692. The highest BCUT2D eigenvalue weighted by Gasteiger charge is 2.17. The zero-order valence-corrected chi connectivity index (χ0v) is 11.4. The van der Waals surface area contributed by atoms with Crippen molar-refractivity contribution < 1.29 is 4.74 Å². The number of hydrogen-bond donors (Lipinski definition) is 1. The van der Waals surface area contributed by atoms with Crippen molar-refractivity contribution in [3.05, 3.63) is 21.7 Å². The molecule has 1 atom stereocenters. The molecule has 0 saturated carbocycles. The molecule has 17 heavy (non-hydrogen) atoms. The van der Waals surface area contributed by atoms with Crippen LogP contribution in [0.3, 0.4) is 0 Å². The molecule has 1 aromatic heterocycles. The fourth-order valence-electron chi connectivity index (χ4n) is 2.42. The lowest BCUT2D eigenvalue weighted by molar-refractivity contribution is 0.0872. The third-order valence-electron chi connectivity index (χ3n) is 3.37. The maximum absolute atomic E-state index is 5.48. The smallest absolute Gasteiger partial charge is 0.137 e. The first-order chi connectivity index (χ1) is 8.26. The van der Waals surface area contributed by atoms with Gasteiger partial charge in [-0.1, -0.05) is 25.6 Å². The van der Waals surface area contributed by atoms with Crippen LogP contribution in [0.1, 0.15) is 55.8 Å². The van der Waals surface area contributed by atoms with Crippen LogP contribution in [0.5, 0.6) is 0 Å². The third kappa shape index (κ3) is 2.75. The van der Waals surface area contributed by atoms with Crippen molar-refractivity contribution in [2.75, 3.05) is 7.11 Å². The largest absolute Gasteiger partial charge is 0.374 e. The fourth-order valence-corrected chi connectivity index (χ4v) is 2.74. The molecule has 0 aromatic carbocycles. The van der Waals surface area contributed by atoms with E-state index in [1.165, 1.54) is 24.1 Å². The summed E-state index contributed by atoms with van der Waals surface area (Å²) in [4.78, 5) is 7.95. The minimum Gasteiger partial charge on any atom is -0.374 e. The quantitative estimate of drug-likeness (QED) is 0.833. The molecule has 94 valence electrons. The minimum absolute atomic E-state index is 0.0499. The Bertz CT molecular complexity index is 442. The molecule has 0 fully saturated rings. The average molecular weight is 252 g/mol. The highest BCUT2D eigenvalue weighted by Crippen LogP contribution is 2.24. The Kier molecular flexibility index (Phi) is 4.29. The number of aryl methyl sites for hydroxylation is 1. The van der Waals surface area contributed by atoms with Crippen LogP contribution in [-0.4, -0.2) is 17.1 Å². The maximum atomic E-state index is 5.48. The number of ether oxygens (including phenoxy) is 1. The molecule has 0 amide bonds. The average Bonchev–Trinajstić information content (AvgIpc) is 2.36. The number of nitrogens with zero attached hydrogens (tertiary/aromatic N) is 1. The molecule has 0 aliphatic heterocycles. The van der Waals surface area contributed by atoms with E-state index in [0.29, 0.717) is 0 Å². The Labute approximate surface area is 108 Å². The van der Waals surface area contributed by atoms with Gasteiger partial charge in [0, 0.05) is 18.4 Å². The summed E-state index contributed by atoms with van der Waals surface area (Å²) in [6.45, 7) is 2.15. The van der Waals surface area contributed by atoms with Crippen molar-refractivity contribution in [2.24, 2.45) is 0 Å². The van der Waals surface area contributed by atoms with Crippen LogP contribution in [0.2, 0.25) is 0 Å². The van der Waals surface area contributed by atoms with Crippen molar-refractivity contribution in [2.45, 2.75) is 51.6 Å². The van der Waals surface area contributed by atoms with Gasteiger partial charge in [0.2, 0.25) is 0 Å². The van der Waals surface area contributed by atoms with Crippen LogP contribution in [0.25, 0.3) is 0 Å². The summed E-state index contributed by atoms with van der Waals surface area (Å²) in [6.07, 6.45) is 6.75. The van der Waals surface area contributed by atoms with Crippen LogP contribution in [0.15, 0.2) is 0 Å². The zero-order valence-electron chi connectivity index (χ0n) is 10.6. The van der Waals surface area contributed by atoms with Gasteiger partial charge in [-0.3, -0.25) is 0 Å². The van der Waals surface area contributed by atoms with Crippen LogP contribution in [0.4, 0.5) is 0 Å². The second-order valence-corrected chi connectivity index (χ2v) is 4.99. The summed E-state index contributed by atoms with van der Waals surface area (Å²) in [7, 11) is 1.73. The van der Waals surface area contributed by atoms with E-state index in [1.54, 1.807) is 7.11 Å². The number of nitrogens with one attached hydrogen (secondary N) is 1. The first kappa shape index (κ1) is 12.7. The Hall–Kier alpha value is -0.740. The standard InChI is InChI=1S/C13H20N2OS/c1-3-6-11(16-2)12-14-10-8-5-4-7-9(10)13(17)15-12/h11H,3-8H2,1-2H3,(H,14,15,17). The van der Waals surface area contributed by atoms with Gasteiger partial charge in [-0.25, -0.2) is 4.98 Å². The Balaban J connectivity index is 2.36. The second kappa shape index (κ2) is 5.74. The number of aromatic amines is 1. The predicted octanol–water partition coefficient (Wildman–Crippen LogP) is 3.51. The van der Waals surface area contributed by atoms with E-state index in [1.807, 2.05) is 0 Å². The molecule has 4 heteroatoms. The van der Waals surface area contributed by atoms with E-state index in [-0.39, 0.29) is 6.10 Å². The molecule has 0 saturated heterocycles. The highest BCUT2D eigenvalue weighted by atomic mass is 32.1.